The highest BCUT2D eigenvalue weighted by atomic mass is 16.5. The van der Waals surface area contributed by atoms with Crippen LogP contribution in [0, 0.1) is 0 Å². The van der Waals surface area contributed by atoms with Crippen LogP contribution in [0.25, 0.3) is 12.2 Å². The van der Waals surface area contributed by atoms with Crippen LogP contribution in [0.2, 0.25) is 0 Å². The minimum absolute atomic E-state index is 0.123. The lowest BCUT2D eigenvalue weighted by Gasteiger charge is -2.26. The van der Waals surface area contributed by atoms with Crippen molar-refractivity contribution in [1.82, 2.24) is 4.90 Å². The number of nitrogens with zero attached hydrogens (tertiary/aromatic N) is 1. The van der Waals surface area contributed by atoms with Crippen LogP contribution in [-0.4, -0.2) is 44.0 Å². The minimum atomic E-state index is 0.123. The zero-order valence-electron chi connectivity index (χ0n) is 21.0. The van der Waals surface area contributed by atoms with Crippen molar-refractivity contribution in [3.63, 3.8) is 0 Å². The van der Waals surface area contributed by atoms with Crippen molar-refractivity contribution in [2.45, 2.75) is 52.4 Å². The molecule has 1 aliphatic rings. The Morgan fingerprint density at radius 3 is 1.50 bits per heavy atom. The van der Waals surface area contributed by atoms with Gasteiger partial charge in [-0.15, -0.1) is 0 Å². The van der Waals surface area contributed by atoms with Crippen LogP contribution >= 0.6 is 0 Å². The second-order valence-electron chi connectivity index (χ2n) is 9.09. The Hall–Kier alpha value is -2.85. The van der Waals surface area contributed by atoms with Crippen molar-refractivity contribution in [2.75, 3.05) is 33.4 Å². The van der Waals surface area contributed by atoms with E-state index >= 15 is 0 Å². The summed E-state index contributed by atoms with van der Waals surface area (Å²) in [7, 11) is 2.05. The maximum Gasteiger partial charge on any atom is 0.187 e. The molecular formula is C30H39NO3. The Labute approximate surface area is 205 Å². The van der Waals surface area contributed by atoms with Crippen LogP contribution in [0.3, 0.4) is 0 Å². The molecule has 0 aliphatic carbocycles. The van der Waals surface area contributed by atoms with Crippen molar-refractivity contribution in [3.05, 3.63) is 70.8 Å². The summed E-state index contributed by atoms with van der Waals surface area (Å²) in [5, 5.41) is 0. The molecule has 0 unspecified atom stereocenters. The number of unbranched alkanes of at least 4 members (excludes halogenated alkanes) is 4. The number of hydrogen-bond acceptors (Lipinski definition) is 4. The highest BCUT2D eigenvalue weighted by Crippen LogP contribution is 2.23. The first-order valence-corrected chi connectivity index (χ1v) is 12.7. The number of ether oxygens (including phenoxy) is 2. The zero-order valence-corrected chi connectivity index (χ0v) is 21.0. The lowest BCUT2D eigenvalue weighted by molar-refractivity contribution is -0.113. The summed E-state index contributed by atoms with van der Waals surface area (Å²) in [6, 6.07) is 16.0. The van der Waals surface area contributed by atoms with Gasteiger partial charge in [0.05, 0.1) is 13.2 Å². The van der Waals surface area contributed by atoms with Gasteiger partial charge in [0.2, 0.25) is 0 Å². The number of rotatable bonds is 12. The van der Waals surface area contributed by atoms with Gasteiger partial charge in [-0.05, 0) is 67.4 Å². The predicted octanol–water partition coefficient (Wildman–Crippen LogP) is 6.81. The lowest BCUT2D eigenvalue weighted by atomic mass is 9.94. The van der Waals surface area contributed by atoms with Gasteiger partial charge >= 0.3 is 0 Å². The topological polar surface area (TPSA) is 38.8 Å². The van der Waals surface area contributed by atoms with Crippen molar-refractivity contribution in [3.8, 4) is 11.5 Å². The third-order valence-corrected chi connectivity index (χ3v) is 5.94. The molecule has 1 saturated heterocycles. The summed E-state index contributed by atoms with van der Waals surface area (Å²) in [6.45, 7) is 7.17. The fourth-order valence-electron chi connectivity index (χ4n) is 4.02. The normalized spacial score (nSPS) is 16.9. The summed E-state index contributed by atoms with van der Waals surface area (Å²) < 4.78 is 11.6. The maximum absolute atomic E-state index is 13.2. The van der Waals surface area contributed by atoms with Crippen LogP contribution in [0.5, 0.6) is 11.5 Å². The average molecular weight is 462 g/mol. The van der Waals surface area contributed by atoms with Gasteiger partial charge in [0, 0.05) is 24.2 Å². The lowest BCUT2D eigenvalue weighted by Crippen LogP contribution is -2.34. The molecule has 0 bridgehead atoms. The largest absolute Gasteiger partial charge is 0.494 e. The minimum Gasteiger partial charge on any atom is -0.494 e. The summed E-state index contributed by atoms with van der Waals surface area (Å²) in [5.41, 5.74) is 3.66. The Morgan fingerprint density at radius 2 is 1.12 bits per heavy atom. The van der Waals surface area contributed by atoms with Crippen molar-refractivity contribution >= 4 is 17.9 Å². The molecule has 182 valence electrons. The van der Waals surface area contributed by atoms with Gasteiger partial charge in [-0.2, -0.15) is 0 Å². The fraction of sp³-hybridized carbons (Fsp3) is 0.433. The first-order chi connectivity index (χ1) is 16.6. The molecule has 0 aromatic heterocycles. The molecule has 0 amide bonds. The molecule has 0 N–H and O–H groups in total. The molecule has 2 aromatic rings. The number of piperidine rings is 1. The molecule has 4 heteroatoms. The highest BCUT2D eigenvalue weighted by molar-refractivity contribution is 6.14. The smallest absolute Gasteiger partial charge is 0.187 e. The molecule has 2 aromatic carbocycles. The van der Waals surface area contributed by atoms with E-state index in [1.807, 2.05) is 60.7 Å². The summed E-state index contributed by atoms with van der Waals surface area (Å²) in [6.07, 6.45) is 10.9. The van der Waals surface area contributed by atoms with E-state index in [2.05, 4.69) is 25.8 Å². The molecule has 0 atom stereocenters. The number of carbonyl (C=O) groups is 1. The summed E-state index contributed by atoms with van der Waals surface area (Å²) in [5.74, 6) is 1.88. The van der Waals surface area contributed by atoms with Crippen LogP contribution in [-0.2, 0) is 4.79 Å². The van der Waals surface area contributed by atoms with E-state index in [9.17, 15) is 4.79 Å². The van der Waals surface area contributed by atoms with Gasteiger partial charge < -0.3 is 9.47 Å². The SMILES string of the molecule is CCCCCOc1ccc(C=C2CN(C)CC(=Cc3ccc(OCCCCC)cc3)C2=O)cc1. The molecule has 0 spiro atoms. The molecule has 34 heavy (non-hydrogen) atoms. The molecule has 1 heterocycles. The Kier molecular flexibility index (Phi) is 10.4. The van der Waals surface area contributed by atoms with E-state index in [0.29, 0.717) is 13.1 Å². The fourth-order valence-corrected chi connectivity index (χ4v) is 4.02. The average Bonchev–Trinajstić information content (AvgIpc) is 2.84. The summed E-state index contributed by atoms with van der Waals surface area (Å²) >= 11 is 0. The molecule has 3 rings (SSSR count). The number of likely N-dealkylation sites (tertiary alicyclic amines) is 1. The first kappa shape index (κ1) is 25.8. The van der Waals surface area contributed by atoms with Crippen molar-refractivity contribution in [1.29, 1.82) is 0 Å². The molecule has 0 radical (unpaired) electrons. The quantitative estimate of drug-likeness (QED) is 0.257. The number of benzene rings is 2. The highest BCUT2D eigenvalue weighted by Gasteiger charge is 2.23. The molecule has 1 aliphatic heterocycles. The van der Waals surface area contributed by atoms with E-state index in [4.69, 9.17) is 9.47 Å². The number of carbonyl (C=O) groups excluding carboxylic acids is 1. The second kappa shape index (κ2) is 13.8. The van der Waals surface area contributed by atoms with E-state index in [1.54, 1.807) is 0 Å². The Morgan fingerprint density at radius 1 is 0.706 bits per heavy atom. The van der Waals surface area contributed by atoms with Gasteiger partial charge in [-0.3, -0.25) is 9.69 Å². The molecular weight excluding hydrogens is 422 g/mol. The Balaban J connectivity index is 1.64. The van der Waals surface area contributed by atoms with Crippen molar-refractivity contribution in [2.24, 2.45) is 0 Å². The number of ketones is 1. The van der Waals surface area contributed by atoms with E-state index in [0.717, 1.165) is 59.8 Å². The van der Waals surface area contributed by atoms with Gasteiger partial charge in [-0.1, -0.05) is 63.8 Å². The van der Waals surface area contributed by atoms with Gasteiger partial charge in [-0.25, -0.2) is 0 Å². The van der Waals surface area contributed by atoms with Crippen LogP contribution in [0.15, 0.2) is 59.7 Å². The monoisotopic (exact) mass is 461 g/mol. The van der Waals surface area contributed by atoms with E-state index in [-0.39, 0.29) is 5.78 Å². The zero-order chi connectivity index (χ0) is 24.2. The summed E-state index contributed by atoms with van der Waals surface area (Å²) in [4.78, 5) is 15.4. The van der Waals surface area contributed by atoms with Gasteiger partial charge in [0.1, 0.15) is 11.5 Å². The number of likely N-dealkylation sites (N-methyl/N-ethyl adjacent to an activating group) is 1. The number of Topliss-reactive ketones (excluding diaryl/α,β-unsaturated/α-hetero) is 1. The standard InChI is InChI=1S/C30H39NO3/c1-4-6-8-18-33-28-14-10-24(11-15-28)20-26-22-31(3)23-27(30(26)32)21-25-12-16-29(17-13-25)34-19-9-7-5-2/h10-17,20-21H,4-9,18-19,22-23H2,1-3H3. The van der Waals surface area contributed by atoms with Crippen LogP contribution in [0.4, 0.5) is 0 Å². The third-order valence-electron chi connectivity index (χ3n) is 5.94. The van der Waals surface area contributed by atoms with Gasteiger partial charge in [0.15, 0.2) is 5.78 Å². The predicted molar refractivity (Wildman–Crippen MR) is 141 cm³/mol. The molecule has 1 fully saturated rings. The first-order valence-electron chi connectivity index (χ1n) is 12.7. The third kappa shape index (κ3) is 8.18. The van der Waals surface area contributed by atoms with Gasteiger partial charge in [0.25, 0.3) is 0 Å². The van der Waals surface area contributed by atoms with Crippen LogP contribution < -0.4 is 9.47 Å². The van der Waals surface area contributed by atoms with E-state index < -0.39 is 0 Å². The molecule has 0 saturated carbocycles. The van der Waals surface area contributed by atoms with E-state index in [1.165, 1.54) is 25.7 Å². The Bertz CT molecular complexity index is 880. The number of hydrogen-bond donors (Lipinski definition) is 0. The van der Waals surface area contributed by atoms with Crippen molar-refractivity contribution < 1.29 is 14.3 Å². The maximum atomic E-state index is 13.2. The van der Waals surface area contributed by atoms with Crippen LogP contribution in [0.1, 0.15) is 63.5 Å². The second-order valence-corrected chi connectivity index (χ2v) is 9.09. The molecule has 4 nitrogen and oxygen atoms in total.